The topological polar surface area (TPSA) is 84.9 Å². The van der Waals surface area contributed by atoms with Crippen molar-refractivity contribution in [3.05, 3.63) is 142 Å². The van der Waals surface area contributed by atoms with Crippen LogP contribution in [0.4, 0.5) is 10.5 Å². The molecule has 1 fully saturated rings. The molecule has 0 spiro atoms. The second-order valence-electron chi connectivity index (χ2n) is 9.96. The molecule has 1 N–H and O–H groups in total. The van der Waals surface area contributed by atoms with E-state index >= 15 is 0 Å². The maximum atomic E-state index is 13.7. The van der Waals surface area contributed by atoms with Gasteiger partial charge in [0.25, 0.3) is 11.8 Å². The number of hydrogen-bond donors (Lipinski definition) is 1. The van der Waals surface area contributed by atoms with Gasteiger partial charge in [-0.1, -0.05) is 89.9 Å². The summed E-state index contributed by atoms with van der Waals surface area (Å²) in [6.45, 7) is 0.528. The third-order valence-corrected chi connectivity index (χ3v) is 7.78. The van der Waals surface area contributed by atoms with E-state index < -0.39 is 17.8 Å². The molecule has 218 valence electrons. The number of nitrogens with zero attached hydrogens (tertiary/aromatic N) is 1. The first-order valence-corrected chi connectivity index (χ1v) is 14.4. The average Bonchev–Trinajstić information content (AvgIpc) is 3.04. The van der Waals surface area contributed by atoms with Crippen LogP contribution in [0.25, 0.3) is 16.8 Å². The second kappa shape index (κ2) is 12.6. The molecule has 0 unspecified atom stereocenters. The summed E-state index contributed by atoms with van der Waals surface area (Å²) in [4.78, 5) is 40.5. The van der Waals surface area contributed by atoms with E-state index in [2.05, 4.69) is 5.32 Å². The van der Waals surface area contributed by atoms with E-state index in [1.165, 1.54) is 6.08 Å². The van der Waals surface area contributed by atoms with Crippen LogP contribution in [0.15, 0.2) is 115 Å². The lowest BCUT2D eigenvalue weighted by molar-refractivity contribution is -0.122. The summed E-state index contributed by atoms with van der Waals surface area (Å²) in [5.74, 6) is -0.567. The zero-order chi connectivity index (χ0) is 30.6. The molecule has 9 heteroatoms. The van der Waals surface area contributed by atoms with Gasteiger partial charge in [0.05, 0.1) is 15.7 Å². The van der Waals surface area contributed by atoms with E-state index in [0.717, 1.165) is 26.8 Å². The largest absolute Gasteiger partial charge is 0.489 e. The first-order chi connectivity index (χ1) is 21.4. The number of anilines is 1. The molecule has 5 aromatic carbocycles. The van der Waals surface area contributed by atoms with Crippen molar-refractivity contribution in [2.75, 3.05) is 4.90 Å². The van der Waals surface area contributed by atoms with E-state index in [1.54, 1.807) is 48.5 Å². The zero-order valence-electron chi connectivity index (χ0n) is 23.1. The molecular formula is C35H24Cl2N2O5. The zero-order valence-corrected chi connectivity index (χ0v) is 24.6. The third kappa shape index (κ3) is 6.15. The van der Waals surface area contributed by atoms with E-state index in [0.29, 0.717) is 33.7 Å². The normalized spacial score (nSPS) is 14.2. The number of ether oxygens (including phenoxy) is 2. The van der Waals surface area contributed by atoms with Crippen LogP contribution in [-0.4, -0.2) is 17.8 Å². The Morgan fingerprint density at radius 2 is 1.43 bits per heavy atom. The van der Waals surface area contributed by atoms with Gasteiger partial charge in [-0.3, -0.25) is 14.9 Å². The van der Waals surface area contributed by atoms with Crippen molar-refractivity contribution >= 4 is 63.6 Å². The predicted octanol–water partition coefficient (Wildman–Crippen LogP) is 7.97. The summed E-state index contributed by atoms with van der Waals surface area (Å²) in [6.07, 6.45) is 1.46. The quantitative estimate of drug-likeness (QED) is 0.140. The van der Waals surface area contributed by atoms with Crippen LogP contribution in [0.1, 0.15) is 16.7 Å². The van der Waals surface area contributed by atoms with Crippen LogP contribution < -0.4 is 19.7 Å². The van der Waals surface area contributed by atoms with Gasteiger partial charge >= 0.3 is 6.03 Å². The fraction of sp³-hybridized carbons (Fsp3) is 0.0571. The van der Waals surface area contributed by atoms with Crippen molar-refractivity contribution in [3.63, 3.8) is 0 Å². The Balaban J connectivity index is 1.30. The van der Waals surface area contributed by atoms with E-state index in [-0.39, 0.29) is 17.9 Å². The number of nitrogens with one attached hydrogen (secondary N) is 1. The molecule has 0 aliphatic carbocycles. The molecule has 1 heterocycles. The van der Waals surface area contributed by atoms with Crippen molar-refractivity contribution in [1.29, 1.82) is 0 Å². The third-order valence-electron chi connectivity index (χ3n) is 7.04. The smallest absolute Gasteiger partial charge is 0.335 e. The lowest BCUT2D eigenvalue weighted by Gasteiger charge is -2.26. The van der Waals surface area contributed by atoms with Gasteiger partial charge in [0, 0.05) is 5.56 Å². The van der Waals surface area contributed by atoms with Crippen LogP contribution in [0.2, 0.25) is 10.0 Å². The maximum absolute atomic E-state index is 13.7. The van der Waals surface area contributed by atoms with Crippen LogP contribution in [0, 0.1) is 0 Å². The summed E-state index contributed by atoms with van der Waals surface area (Å²) in [5, 5.41) is 4.76. The molecule has 0 saturated carbocycles. The molecule has 0 atom stereocenters. The summed E-state index contributed by atoms with van der Waals surface area (Å²) in [5.41, 5.74) is 2.37. The number of imide groups is 2. The van der Waals surface area contributed by atoms with Crippen molar-refractivity contribution in [1.82, 2.24) is 5.32 Å². The van der Waals surface area contributed by atoms with Crippen LogP contribution in [0.5, 0.6) is 11.5 Å². The van der Waals surface area contributed by atoms with Gasteiger partial charge < -0.3 is 9.47 Å². The molecule has 44 heavy (non-hydrogen) atoms. The Kier molecular flexibility index (Phi) is 8.32. The van der Waals surface area contributed by atoms with Crippen LogP contribution in [0.3, 0.4) is 0 Å². The molecule has 4 amide bonds. The Bertz CT molecular complexity index is 1920. The van der Waals surface area contributed by atoms with Crippen molar-refractivity contribution < 1.29 is 23.9 Å². The molecule has 6 rings (SSSR count). The molecule has 5 aromatic rings. The Hall–Kier alpha value is -5.11. The highest BCUT2D eigenvalue weighted by molar-refractivity contribution is 6.42. The number of benzene rings is 5. The van der Waals surface area contributed by atoms with Crippen molar-refractivity contribution in [2.24, 2.45) is 0 Å². The van der Waals surface area contributed by atoms with Crippen molar-refractivity contribution in [2.45, 2.75) is 13.2 Å². The first kappa shape index (κ1) is 29.0. The number of carbonyl (C=O) groups is 3. The van der Waals surface area contributed by atoms with Gasteiger partial charge in [-0.25, -0.2) is 9.69 Å². The Labute approximate surface area is 263 Å². The van der Waals surface area contributed by atoms with Crippen LogP contribution >= 0.6 is 23.2 Å². The summed E-state index contributed by atoms with van der Waals surface area (Å²) < 4.78 is 12.0. The van der Waals surface area contributed by atoms with Gasteiger partial charge in [0.1, 0.15) is 30.3 Å². The van der Waals surface area contributed by atoms with Crippen LogP contribution in [-0.2, 0) is 22.8 Å². The maximum Gasteiger partial charge on any atom is 0.335 e. The first-order valence-electron chi connectivity index (χ1n) is 13.6. The predicted molar refractivity (Wildman–Crippen MR) is 171 cm³/mol. The fourth-order valence-electron chi connectivity index (χ4n) is 4.81. The summed E-state index contributed by atoms with van der Waals surface area (Å²) in [7, 11) is 0. The van der Waals surface area contributed by atoms with Gasteiger partial charge in [0.15, 0.2) is 0 Å². The molecule has 1 aliphatic heterocycles. The highest BCUT2D eigenvalue weighted by Crippen LogP contribution is 2.33. The average molecular weight is 623 g/mol. The van der Waals surface area contributed by atoms with E-state index in [4.69, 9.17) is 32.7 Å². The minimum atomic E-state index is -0.843. The van der Waals surface area contributed by atoms with Gasteiger partial charge in [-0.15, -0.1) is 0 Å². The van der Waals surface area contributed by atoms with E-state index in [1.807, 2.05) is 60.7 Å². The molecular weight excluding hydrogens is 599 g/mol. The number of amides is 4. The minimum absolute atomic E-state index is 0.162. The number of barbiturate groups is 1. The molecule has 1 saturated heterocycles. The highest BCUT2D eigenvalue weighted by atomic mass is 35.5. The Morgan fingerprint density at radius 3 is 2.20 bits per heavy atom. The second-order valence-corrected chi connectivity index (χ2v) is 10.8. The number of urea groups is 1. The molecule has 1 aliphatic rings. The molecule has 7 nitrogen and oxygen atoms in total. The highest BCUT2D eigenvalue weighted by Gasteiger charge is 2.37. The van der Waals surface area contributed by atoms with Gasteiger partial charge in [0.2, 0.25) is 0 Å². The molecule has 0 radical (unpaired) electrons. The standard InChI is InChI=1S/C35H24Cl2N2O5/c36-30-16-10-23(18-31(30)37)21-44-32-17-11-24-8-4-5-9-27(24)28(32)19-29-33(40)38-35(42)39(34(29)41)25-12-14-26(15-13-25)43-20-22-6-2-1-3-7-22/h1-19H,20-21H2,(H,38,40,42)/b29-19+. The number of fused-ring (bicyclic) bond motifs is 1. The van der Waals surface area contributed by atoms with Crippen molar-refractivity contribution in [3.8, 4) is 11.5 Å². The summed E-state index contributed by atoms with van der Waals surface area (Å²) >= 11 is 12.2. The number of halogens is 2. The number of hydrogen-bond acceptors (Lipinski definition) is 5. The minimum Gasteiger partial charge on any atom is -0.489 e. The lowest BCUT2D eigenvalue weighted by atomic mass is 9.99. The summed E-state index contributed by atoms with van der Waals surface area (Å²) in [6, 6.07) is 31.8. The monoisotopic (exact) mass is 622 g/mol. The van der Waals surface area contributed by atoms with Gasteiger partial charge in [-0.2, -0.15) is 0 Å². The Morgan fingerprint density at radius 1 is 0.705 bits per heavy atom. The fourth-order valence-corrected chi connectivity index (χ4v) is 5.13. The SMILES string of the molecule is O=C1NC(=O)N(c2ccc(OCc3ccccc3)cc2)C(=O)/C1=C/c1c(OCc2ccc(Cl)c(Cl)c2)ccc2ccccc12. The molecule has 0 aromatic heterocycles. The van der Waals surface area contributed by atoms with Gasteiger partial charge in [-0.05, 0) is 70.4 Å². The number of carbonyl (C=O) groups excluding carboxylic acids is 3. The molecule has 0 bridgehead atoms. The number of rotatable bonds is 8. The van der Waals surface area contributed by atoms with E-state index in [9.17, 15) is 14.4 Å². The lowest BCUT2D eigenvalue weighted by Crippen LogP contribution is -2.54.